The third-order valence-electron chi connectivity index (χ3n) is 4.88. The summed E-state index contributed by atoms with van der Waals surface area (Å²) in [7, 11) is 0. The summed E-state index contributed by atoms with van der Waals surface area (Å²) < 4.78 is 16.2. The maximum absolute atomic E-state index is 12.5. The van der Waals surface area contributed by atoms with Crippen LogP contribution in [0.25, 0.3) is 0 Å². The van der Waals surface area contributed by atoms with Gasteiger partial charge in [0, 0.05) is 11.3 Å². The molecule has 4 rings (SSSR count). The molecule has 2 aromatic heterocycles. The number of hydrogen-bond acceptors (Lipinski definition) is 8. The highest BCUT2D eigenvalue weighted by Crippen LogP contribution is 2.43. The number of ether oxygens (including phenoxy) is 2. The molecule has 0 saturated carbocycles. The lowest BCUT2D eigenvalue weighted by atomic mass is 9.83. The van der Waals surface area contributed by atoms with Crippen molar-refractivity contribution in [2.45, 2.75) is 31.8 Å². The number of nitrogens with zero attached hydrogens (tertiary/aromatic N) is 2. The standard InChI is InChI=1S/C17H22N4O4S.ClH/c1-11-16(21-25-20-11)23-9-7-19-15(22)14-10-12-13(26-14)2-8-24-17(12)3-5-18-6-4-17;/h10,18H,2-9H2,1H3,(H,19,22);1H. The number of carbonyl (C=O) groups is 1. The molecule has 1 amide bonds. The monoisotopic (exact) mass is 414 g/mol. The summed E-state index contributed by atoms with van der Waals surface area (Å²) in [5.41, 5.74) is 1.59. The molecule has 27 heavy (non-hydrogen) atoms. The number of rotatable bonds is 5. The van der Waals surface area contributed by atoms with Gasteiger partial charge in [0.1, 0.15) is 12.3 Å². The molecule has 2 aliphatic heterocycles. The average molecular weight is 415 g/mol. The zero-order valence-corrected chi connectivity index (χ0v) is 16.7. The summed E-state index contributed by atoms with van der Waals surface area (Å²) in [6, 6.07) is 2.02. The third kappa shape index (κ3) is 4.11. The number of nitrogens with one attached hydrogen (secondary N) is 2. The van der Waals surface area contributed by atoms with Gasteiger partial charge in [0.05, 0.1) is 23.6 Å². The molecule has 1 saturated heterocycles. The molecule has 0 aliphatic carbocycles. The molecule has 1 spiro atoms. The highest BCUT2D eigenvalue weighted by atomic mass is 35.5. The minimum atomic E-state index is -0.214. The number of piperidine rings is 1. The predicted molar refractivity (Wildman–Crippen MR) is 102 cm³/mol. The van der Waals surface area contributed by atoms with E-state index in [0.29, 0.717) is 24.7 Å². The maximum atomic E-state index is 12.5. The summed E-state index contributed by atoms with van der Waals surface area (Å²) in [4.78, 5) is 14.5. The number of carbonyl (C=O) groups excluding carboxylic acids is 1. The second-order valence-electron chi connectivity index (χ2n) is 6.55. The molecule has 10 heteroatoms. The molecule has 2 aliphatic rings. The second kappa shape index (κ2) is 8.55. The largest absolute Gasteiger partial charge is 0.472 e. The Morgan fingerprint density at radius 1 is 1.41 bits per heavy atom. The molecule has 4 heterocycles. The lowest BCUT2D eigenvalue weighted by Crippen LogP contribution is -2.44. The van der Waals surface area contributed by atoms with Crippen molar-refractivity contribution in [2.24, 2.45) is 0 Å². The van der Waals surface area contributed by atoms with Gasteiger partial charge in [-0.1, -0.05) is 5.16 Å². The van der Waals surface area contributed by atoms with Gasteiger partial charge < -0.3 is 20.1 Å². The highest BCUT2D eigenvalue weighted by Gasteiger charge is 2.40. The molecule has 0 aromatic carbocycles. The van der Waals surface area contributed by atoms with Gasteiger partial charge in [-0.25, -0.2) is 4.63 Å². The molecule has 0 radical (unpaired) electrons. The summed E-state index contributed by atoms with van der Waals surface area (Å²) in [5, 5.41) is 13.6. The lowest BCUT2D eigenvalue weighted by molar-refractivity contribution is -0.0792. The van der Waals surface area contributed by atoms with Gasteiger partial charge in [0.2, 0.25) is 0 Å². The highest BCUT2D eigenvalue weighted by molar-refractivity contribution is 7.14. The summed E-state index contributed by atoms with van der Waals surface area (Å²) in [6.07, 6.45) is 2.79. The Morgan fingerprint density at radius 2 is 2.22 bits per heavy atom. The maximum Gasteiger partial charge on any atom is 0.278 e. The SMILES string of the molecule is Cc1nonc1OCCNC(=O)c1cc2c(s1)CCOC21CCNCC1.Cl. The molecule has 148 valence electrons. The fraction of sp³-hybridized carbons (Fsp3) is 0.588. The normalized spacial score (nSPS) is 17.8. The van der Waals surface area contributed by atoms with Gasteiger partial charge in [0.25, 0.3) is 11.8 Å². The molecule has 2 N–H and O–H groups in total. The number of fused-ring (bicyclic) bond motifs is 2. The predicted octanol–water partition coefficient (Wildman–Crippen LogP) is 1.82. The van der Waals surface area contributed by atoms with E-state index in [-0.39, 0.29) is 23.9 Å². The molecular formula is C17H23ClN4O4S. The number of hydrogen-bond donors (Lipinski definition) is 2. The molecule has 0 bridgehead atoms. The van der Waals surface area contributed by atoms with Crippen LogP contribution in [0, 0.1) is 6.92 Å². The fourth-order valence-electron chi connectivity index (χ4n) is 3.53. The Balaban J connectivity index is 0.00000210. The first kappa shape index (κ1) is 20.1. The van der Waals surface area contributed by atoms with E-state index in [9.17, 15) is 4.79 Å². The number of thiophene rings is 1. The van der Waals surface area contributed by atoms with Crippen molar-refractivity contribution in [1.29, 1.82) is 0 Å². The third-order valence-corrected chi connectivity index (χ3v) is 6.07. The van der Waals surface area contributed by atoms with Crippen LogP contribution in [-0.4, -0.2) is 49.1 Å². The summed E-state index contributed by atoms with van der Waals surface area (Å²) >= 11 is 1.58. The van der Waals surface area contributed by atoms with E-state index >= 15 is 0 Å². The zero-order chi connectivity index (χ0) is 18.0. The quantitative estimate of drug-likeness (QED) is 0.720. The van der Waals surface area contributed by atoms with Crippen LogP contribution in [0.4, 0.5) is 0 Å². The van der Waals surface area contributed by atoms with Crippen LogP contribution in [0.5, 0.6) is 5.88 Å². The van der Waals surface area contributed by atoms with Crippen LogP contribution in [0.3, 0.4) is 0 Å². The molecule has 0 unspecified atom stereocenters. The van der Waals surface area contributed by atoms with Crippen LogP contribution in [0.2, 0.25) is 0 Å². The van der Waals surface area contributed by atoms with E-state index in [4.69, 9.17) is 9.47 Å². The summed E-state index contributed by atoms with van der Waals surface area (Å²) in [6.45, 7) is 5.07. The van der Waals surface area contributed by atoms with Gasteiger partial charge in [-0.3, -0.25) is 4.79 Å². The van der Waals surface area contributed by atoms with E-state index < -0.39 is 0 Å². The van der Waals surface area contributed by atoms with Gasteiger partial charge in [-0.05, 0) is 49.6 Å². The van der Waals surface area contributed by atoms with Crippen molar-refractivity contribution < 1.29 is 18.9 Å². The molecule has 1 fully saturated rings. The van der Waals surface area contributed by atoms with Crippen LogP contribution in [0.15, 0.2) is 10.7 Å². The molecule has 8 nitrogen and oxygen atoms in total. The average Bonchev–Trinajstić information content (AvgIpc) is 3.27. The molecule has 2 aromatic rings. The molecule has 0 atom stereocenters. The van der Waals surface area contributed by atoms with Crippen LogP contribution < -0.4 is 15.4 Å². The van der Waals surface area contributed by atoms with Gasteiger partial charge >= 0.3 is 0 Å². The van der Waals surface area contributed by atoms with Crippen molar-refractivity contribution in [3.05, 3.63) is 27.1 Å². The van der Waals surface area contributed by atoms with Crippen molar-refractivity contribution in [2.75, 3.05) is 32.8 Å². The van der Waals surface area contributed by atoms with E-state index in [1.807, 2.05) is 6.07 Å². The van der Waals surface area contributed by atoms with E-state index in [0.717, 1.165) is 43.8 Å². The minimum absolute atomic E-state index is 0. The number of halogens is 1. The Bertz CT molecular complexity index is 788. The van der Waals surface area contributed by atoms with Crippen molar-refractivity contribution in [3.8, 4) is 5.88 Å². The van der Waals surface area contributed by atoms with Crippen molar-refractivity contribution in [3.63, 3.8) is 0 Å². The van der Waals surface area contributed by atoms with Crippen LogP contribution >= 0.6 is 23.7 Å². The Kier molecular flexibility index (Phi) is 6.36. The first-order valence-electron chi connectivity index (χ1n) is 8.86. The van der Waals surface area contributed by atoms with E-state index in [1.165, 1.54) is 10.4 Å². The van der Waals surface area contributed by atoms with E-state index in [1.54, 1.807) is 18.3 Å². The van der Waals surface area contributed by atoms with Crippen LogP contribution in [-0.2, 0) is 16.8 Å². The molecular weight excluding hydrogens is 392 g/mol. The smallest absolute Gasteiger partial charge is 0.278 e. The zero-order valence-electron chi connectivity index (χ0n) is 15.1. The lowest BCUT2D eigenvalue weighted by Gasteiger charge is -2.40. The Morgan fingerprint density at radius 3 is 2.96 bits per heavy atom. The van der Waals surface area contributed by atoms with Crippen molar-refractivity contribution >= 4 is 29.7 Å². The number of aromatic nitrogens is 2. The van der Waals surface area contributed by atoms with Crippen LogP contribution in [0.1, 0.15) is 38.6 Å². The van der Waals surface area contributed by atoms with E-state index in [2.05, 4.69) is 25.6 Å². The minimum Gasteiger partial charge on any atom is -0.472 e. The topological polar surface area (TPSA) is 98.5 Å². The first-order valence-corrected chi connectivity index (χ1v) is 9.68. The Labute approximate surface area is 167 Å². The summed E-state index contributed by atoms with van der Waals surface area (Å²) in [5.74, 6) is 0.280. The van der Waals surface area contributed by atoms with Crippen molar-refractivity contribution in [1.82, 2.24) is 20.9 Å². The van der Waals surface area contributed by atoms with Gasteiger partial charge in [-0.2, -0.15) is 0 Å². The number of aryl methyl sites for hydroxylation is 1. The van der Waals surface area contributed by atoms with Gasteiger partial charge in [0.15, 0.2) is 0 Å². The first-order chi connectivity index (χ1) is 12.7. The van der Waals surface area contributed by atoms with Gasteiger partial charge in [-0.15, -0.1) is 23.7 Å². The fourth-order valence-corrected chi connectivity index (χ4v) is 4.67. The Hall–Kier alpha value is -1.68. The number of amides is 1. The second-order valence-corrected chi connectivity index (χ2v) is 7.69.